The van der Waals surface area contributed by atoms with Crippen molar-refractivity contribution in [2.45, 2.75) is 49.4 Å². The monoisotopic (exact) mass is 471 g/mol. The smallest absolute Gasteiger partial charge is 0.418 e. The second-order valence-corrected chi connectivity index (χ2v) is 8.99. The fourth-order valence-corrected chi connectivity index (χ4v) is 3.89. The summed E-state index contributed by atoms with van der Waals surface area (Å²) >= 11 is 0. The van der Waals surface area contributed by atoms with Gasteiger partial charge in [0.1, 0.15) is 41.7 Å². The predicted octanol–water partition coefficient (Wildman–Crippen LogP) is 3.06. The maximum Gasteiger partial charge on any atom is 0.418 e. The number of hydrogen-bond donors (Lipinski definition) is 2. The van der Waals surface area contributed by atoms with E-state index in [1.54, 1.807) is 0 Å². The van der Waals surface area contributed by atoms with Gasteiger partial charge in [-0.3, -0.25) is 0 Å². The van der Waals surface area contributed by atoms with Gasteiger partial charge in [-0.1, -0.05) is 13.8 Å². The van der Waals surface area contributed by atoms with Crippen molar-refractivity contribution < 1.29 is 36.9 Å². The third kappa shape index (κ3) is 5.71. The quantitative estimate of drug-likeness (QED) is 0.353. The molecule has 0 aromatic heterocycles. The first-order valence-corrected chi connectivity index (χ1v) is 10.2. The summed E-state index contributed by atoms with van der Waals surface area (Å²) in [4.78, 5) is 11.6. The fourth-order valence-electron chi connectivity index (χ4n) is 3.89. The lowest BCUT2D eigenvalue weighted by Gasteiger charge is -2.39. The highest BCUT2D eigenvalue weighted by Crippen LogP contribution is 2.44. The number of ether oxygens (including phenoxy) is 2. The van der Waals surface area contributed by atoms with Gasteiger partial charge in [0, 0.05) is 16.8 Å². The van der Waals surface area contributed by atoms with Crippen molar-refractivity contribution in [1.82, 2.24) is 0 Å². The molecule has 0 aliphatic carbocycles. The topological polar surface area (TPSA) is 67.8 Å². The summed E-state index contributed by atoms with van der Waals surface area (Å²) in [5.74, 6) is -1.38. The van der Waals surface area contributed by atoms with E-state index in [9.17, 15) is 27.5 Å². The van der Waals surface area contributed by atoms with Crippen molar-refractivity contribution in [3.8, 4) is 5.75 Å². The Labute approximate surface area is 198 Å². The highest BCUT2D eigenvalue weighted by Gasteiger charge is 2.56. The highest BCUT2D eigenvalue weighted by molar-refractivity contribution is 6.58. The summed E-state index contributed by atoms with van der Waals surface area (Å²) in [6.45, 7) is 1.85. The lowest BCUT2D eigenvalue weighted by atomic mass is 9.52. The molecular weight excluding hydrogens is 451 g/mol. The van der Waals surface area contributed by atoms with Crippen LogP contribution in [0.1, 0.15) is 41.8 Å². The van der Waals surface area contributed by atoms with Gasteiger partial charge >= 0.3 is 12.1 Å². The van der Waals surface area contributed by atoms with Crippen LogP contribution in [-0.4, -0.2) is 58.2 Å². The van der Waals surface area contributed by atoms with Crippen LogP contribution in [0.5, 0.6) is 5.75 Å². The minimum absolute atomic E-state index is 0.00746. The maximum atomic E-state index is 14.1. The maximum absolute atomic E-state index is 14.1. The summed E-state index contributed by atoms with van der Waals surface area (Å²) in [5.41, 5.74) is -3.64. The number of cyclic esters (lactones) is 1. The molecule has 0 saturated heterocycles. The Morgan fingerprint density at radius 1 is 1.12 bits per heavy atom. The van der Waals surface area contributed by atoms with Gasteiger partial charge < -0.3 is 19.9 Å². The molecule has 5 nitrogen and oxygen atoms in total. The van der Waals surface area contributed by atoms with E-state index in [0.29, 0.717) is 11.1 Å². The van der Waals surface area contributed by atoms with Crippen molar-refractivity contribution in [3.63, 3.8) is 0 Å². The first-order chi connectivity index (χ1) is 15.5. The summed E-state index contributed by atoms with van der Waals surface area (Å²) in [7, 11) is 16.3. The van der Waals surface area contributed by atoms with E-state index in [1.807, 2.05) is 0 Å². The zero-order chi connectivity index (χ0) is 25.5. The van der Waals surface area contributed by atoms with E-state index in [1.165, 1.54) is 32.0 Å². The van der Waals surface area contributed by atoms with E-state index < -0.39 is 47.2 Å². The van der Waals surface area contributed by atoms with Crippen LogP contribution >= 0.6 is 0 Å². The molecule has 3 rings (SSSR count). The van der Waals surface area contributed by atoms with Crippen LogP contribution in [0.3, 0.4) is 0 Å². The van der Waals surface area contributed by atoms with Crippen LogP contribution in [0, 0.1) is 5.82 Å². The molecule has 0 fully saturated rings. The number of rotatable bonds is 8. The zero-order valence-electron chi connectivity index (χ0n) is 18.5. The number of carbonyl (C=O) groups is 1. The molecule has 6 radical (unpaired) electrons. The molecule has 1 heterocycles. The highest BCUT2D eigenvalue weighted by atomic mass is 19.4. The van der Waals surface area contributed by atoms with Crippen molar-refractivity contribution >= 4 is 35.2 Å². The van der Waals surface area contributed by atoms with Crippen LogP contribution in [0.15, 0.2) is 36.4 Å². The van der Waals surface area contributed by atoms with Crippen molar-refractivity contribution in [2.24, 2.45) is 0 Å². The standard InChI is InChI=1S/C22H20B3F4NO4/c1-19(2,16-8-13(26)3-6-17(16)34-22(23,24)25)10-20(32,21(27,28)29)11-30-14-4-5-15-12(7-14)9-33-18(15)31/h3-8,30,32H,9-11H2,1-2H3. The predicted molar refractivity (Wildman–Crippen MR) is 120 cm³/mol. The van der Waals surface area contributed by atoms with E-state index in [4.69, 9.17) is 33.0 Å². The third-order valence-corrected chi connectivity index (χ3v) is 5.49. The first-order valence-electron chi connectivity index (χ1n) is 10.2. The summed E-state index contributed by atoms with van der Waals surface area (Å²) < 4.78 is 66.3. The van der Waals surface area contributed by atoms with Crippen LogP contribution in [-0.2, 0) is 16.8 Å². The molecule has 1 atom stereocenters. The number of nitrogens with one attached hydrogen (secondary N) is 1. The number of halogens is 4. The lowest BCUT2D eigenvalue weighted by Crippen LogP contribution is -2.53. The minimum atomic E-state index is -5.05. The van der Waals surface area contributed by atoms with Crippen LogP contribution in [0.4, 0.5) is 23.2 Å². The molecule has 34 heavy (non-hydrogen) atoms. The minimum Gasteiger partial charge on any atom is -0.516 e. The number of carbonyl (C=O) groups excluding carboxylic acids is 1. The SMILES string of the molecule is [B]C([B])([B])Oc1ccc(F)cc1C(C)(C)CC(O)(CNc1ccc2c(c1)COC2=O)C(F)(F)F. The second-order valence-electron chi connectivity index (χ2n) is 8.99. The van der Waals surface area contributed by atoms with E-state index in [2.05, 4.69) is 5.32 Å². The number of esters is 1. The molecule has 0 saturated carbocycles. The lowest BCUT2D eigenvalue weighted by molar-refractivity contribution is -0.260. The molecular formula is C22H20B3F4NO4. The zero-order valence-corrected chi connectivity index (χ0v) is 18.5. The fraction of sp³-hybridized carbons (Fsp3) is 0.409. The van der Waals surface area contributed by atoms with Crippen molar-refractivity contribution in [1.29, 1.82) is 0 Å². The van der Waals surface area contributed by atoms with Gasteiger partial charge in [-0.05, 0) is 53.5 Å². The van der Waals surface area contributed by atoms with Crippen LogP contribution in [0.25, 0.3) is 0 Å². The normalized spacial score (nSPS) is 15.9. The molecule has 2 aromatic rings. The Bertz CT molecular complexity index is 1090. The number of anilines is 1. The van der Waals surface area contributed by atoms with Gasteiger partial charge in [-0.2, -0.15) is 13.2 Å². The first kappa shape index (κ1) is 26.0. The van der Waals surface area contributed by atoms with Gasteiger partial charge in [-0.25, -0.2) is 9.18 Å². The molecule has 174 valence electrons. The molecule has 2 aromatic carbocycles. The molecule has 1 unspecified atom stereocenters. The molecule has 1 aliphatic heterocycles. The second kappa shape index (κ2) is 8.87. The van der Waals surface area contributed by atoms with E-state index in [-0.39, 0.29) is 23.6 Å². The van der Waals surface area contributed by atoms with Crippen LogP contribution in [0.2, 0.25) is 0 Å². The van der Waals surface area contributed by atoms with E-state index in [0.717, 1.165) is 18.2 Å². The number of hydrogen-bond acceptors (Lipinski definition) is 5. The van der Waals surface area contributed by atoms with Gasteiger partial charge in [0.05, 0.1) is 12.1 Å². The third-order valence-electron chi connectivity index (χ3n) is 5.49. The Hall–Kier alpha value is -2.62. The Morgan fingerprint density at radius 2 is 1.79 bits per heavy atom. The van der Waals surface area contributed by atoms with Gasteiger partial charge in [-0.15, -0.1) is 0 Å². The van der Waals surface area contributed by atoms with Gasteiger partial charge in [0.2, 0.25) is 0 Å². The van der Waals surface area contributed by atoms with Crippen molar-refractivity contribution in [3.05, 3.63) is 58.9 Å². The Kier molecular flexibility index (Phi) is 6.78. The Morgan fingerprint density at radius 3 is 2.41 bits per heavy atom. The molecule has 0 amide bonds. The summed E-state index contributed by atoms with van der Waals surface area (Å²) in [6, 6.07) is 7.45. The summed E-state index contributed by atoms with van der Waals surface area (Å²) in [6.07, 6.45) is -5.93. The average molecular weight is 471 g/mol. The van der Waals surface area contributed by atoms with Crippen molar-refractivity contribution in [2.75, 3.05) is 11.9 Å². The number of aliphatic hydroxyl groups is 1. The molecule has 2 N–H and O–H groups in total. The van der Waals surface area contributed by atoms with Gasteiger partial charge in [0.25, 0.3) is 0 Å². The average Bonchev–Trinajstić information content (AvgIpc) is 3.06. The molecule has 0 bridgehead atoms. The molecule has 1 aliphatic rings. The number of alkyl halides is 3. The number of fused-ring (bicyclic) bond motifs is 1. The Balaban J connectivity index is 1.89. The van der Waals surface area contributed by atoms with Crippen LogP contribution < -0.4 is 10.1 Å². The molecule has 12 heteroatoms. The van der Waals surface area contributed by atoms with E-state index >= 15 is 0 Å². The summed E-state index contributed by atoms with van der Waals surface area (Å²) in [5, 5.41) is 11.2. The molecule has 0 spiro atoms. The van der Waals surface area contributed by atoms with Gasteiger partial charge in [0.15, 0.2) is 5.60 Å². The number of benzene rings is 2. The largest absolute Gasteiger partial charge is 0.516 e.